The molecule has 0 saturated carbocycles. The van der Waals surface area contributed by atoms with Gasteiger partial charge < -0.3 is 0 Å². The van der Waals surface area contributed by atoms with E-state index in [9.17, 15) is 4.39 Å². The first-order valence-electron chi connectivity index (χ1n) is 5.08. The standard InChI is InChI=1S/C13H12BrFS/c1-9-6-11(15)2-3-12(9)13(14)7-10-4-5-16-8-10/h2-6,8,13H,7H2,1H3. The van der Waals surface area contributed by atoms with Crippen molar-refractivity contribution in [1.82, 2.24) is 0 Å². The van der Waals surface area contributed by atoms with Gasteiger partial charge in [-0.15, -0.1) is 0 Å². The second-order valence-electron chi connectivity index (χ2n) is 3.80. The van der Waals surface area contributed by atoms with Gasteiger partial charge in [-0.2, -0.15) is 11.3 Å². The molecule has 2 rings (SSSR count). The first-order valence-corrected chi connectivity index (χ1v) is 6.94. The fourth-order valence-corrected chi connectivity index (χ4v) is 3.29. The van der Waals surface area contributed by atoms with Gasteiger partial charge in [-0.05, 0) is 59.0 Å². The number of hydrogen-bond acceptors (Lipinski definition) is 1. The molecule has 0 saturated heterocycles. The van der Waals surface area contributed by atoms with E-state index in [0.29, 0.717) is 0 Å². The number of alkyl halides is 1. The van der Waals surface area contributed by atoms with Crippen LogP contribution in [0.2, 0.25) is 0 Å². The Hall–Kier alpha value is -0.670. The van der Waals surface area contributed by atoms with E-state index in [1.165, 1.54) is 11.6 Å². The minimum Gasteiger partial charge on any atom is -0.207 e. The van der Waals surface area contributed by atoms with Gasteiger partial charge in [0.1, 0.15) is 5.82 Å². The van der Waals surface area contributed by atoms with Gasteiger partial charge in [0.2, 0.25) is 0 Å². The predicted octanol–water partition coefficient (Wildman–Crippen LogP) is 4.87. The lowest BCUT2D eigenvalue weighted by Gasteiger charge is -2.12. The van der Waals surface area contributed by atoms with Gasteiger partial charge in [-0.1, -0.05) is 22.0 Å². The number of thiophene rings is 1. The Labute approximate surface area is 107 Å². The zero-order chi connectivity index (χ0) is 11.5. The third kappa shape index (κ3) is 2.71. The molecule has 0 radical (unpaired) electrons. The molecule has 0 fully saturated rings. The predicted molar refractivity (Wildman–Crippen MR) is 70.8 cm³/mol. The molecule has 84 valence electrons. The van der Waals surface area contributed by atoms with Crippen molar-refractivity contribution in [3.8, 4) is 0 Å². The van der Waals surface area contributed by atoms with Crippen LogP contribution in [0.1, 0.15) is 21.5 Å². The van der Waals surface area contributed by atoms with Crippen molar-refractivity contribution >= 4 is 27.3 Å². The quantitative estimate of drug-likeness (QED) is 0.709. The summed E-state index contributed by atoms with van der Waals surface area (Å²) in [5.41, 5.74) is 3.47. The minimum atomic E-state index is -0.170. The Morgan fingerprint density at radius 1 is 1.38 bits per heavy atom. The van der Waals surface area contributed by atoms with Crippen LogP contribution in [-0.4, -0.2) is 0 Å². The first-order chi connectivity index (χ1) is 7.66. The van der Waals surface area contributed by atoms with Crippen LogP contribution in [0.25, 0.3) is 0 Å². The van der Waals surface area contributed by atoms with Crippen molar-refractivity contribution in [2.45, 2.75) is 18.2 Å². The molecular weight excluding hydrogens is 287 g/mol. The highest BCUT2D eigenvalue weighted by Gasteiger charge is 2.11. The average molecular weight is 299 g/mol. The van der Waals surface area contributed by atoms with E-state index >= 15 is 0 Å². The van der Waals surface area contributed by atoms with E-state index in [1.807, 2.05) is 13.0 Å². The van der Waals surface area contributed by atoms with Crippen LogP contribution in [0.3, 0.4) is 0 Å². The summed E-state index contributed by atoms with van der Waals surface area (Å²) < 4.78 is 13.0. The fourth-order valence-electron chi connectivity index (χ4n) is 1.72. The van der Waals surface area contributed by atoms with Gasteiger partial charge in [-0.25, -0.2) is 4.39 Å². The highest BCUT2D eigenvalue weighted by Crippen LogP contribution is 2.30. The fraction of sp³-hybridized carbons (Fsp3) is 0.231. The molecular formula is C13H12BrFS. The number of benzene rings is 1. The highest BCUT2D eigenvalue weighted by molar-refractivity contribution is 9.09. The number of halogens is 2. The van der Waals surface area contributed by atoms with E-state index in [2.05, 4.69) is 32.8 Å². The molecule has 1 heterocycles. The second kappa shape index (κ2) is 5.11. The average Bonchev–Trinajstić information content (AvgIpc) is 2.70. The SMILES string of the molecule is Cc1cc(F)ccc1C(Br)Cc1ccsc1. The largest absolute Gasteiger partial charge is 0.207 e. The van der Waals surface area contributed by atoms with Crippen LogP contribution in [0, 0.1) is 12.7 Å². The van der Waals surface area contributed by atoms with E-state index in [4.69, 9.17) is 0 Å². The Morgan fingerprint density at radius 3 is 2.81 bits per heavy atom. The van der Waals surface area contributed by atoms with Crippen molar-refractivity contribution in [2.24, 2.45) is 0 Å². The van der Waals surface area contributed by atoms with E-state index in [0.717, 1.165) is 17.5 Å². The van der Waals surface area contributed by atoms with Crippen LogP contribution in [0.15, 0.2) is 35.0 Å². The molecule has 1 unspecified atom stereocenters. The third-order valence-electron chi connectivity index (χ3n) is 2.56. The Bertz CT molecular complexity index is 465. The molecule has 2 aromatic rings. The molecule has 0 aliphatic carbocycles. The van der Waals surface area contributed by atoms with Crippen molar-refractivity contribution < 1.29 is 4.39 Å². The zero-order valence-electron chi connectivity index (χ0n) is 8.91. The molecule has 0 amide bonds. The number of hydrogen-bond donors (Lipinski definition) is 0. The van der Waals surface area contributed by atoms with Gasteiger partial charge in [0.25, 0.3) is 0 Å². The van der Waals surface area contributed by atoms with Crippen molar-refractivity contribution in [2.75, 3.05) is 0 Å². The van der Waals surface area contributed by atoms with E-state index < -0.39 is 0 Å². The maximum Gasteiger partial charge on any atom is 0.123 e. The molecule has 1 atom stereocenters. The summed E-state index contributed by atoms with van der Waals surface area (Å²) in [5, 5.41) is 4.22. The lowest BCUT2D eigenvalue weighted by Crippen LogP contribution is -1.97. The molecule has 3 heteroatoms. The van der Waals surface area contributed by atoms with Crippen molar-refractivity contribution in [1.29, 1.82) is 0 Å². The van der Waals surface area contributed by atoms with Crippen LogP contribution in [0.5, 0.6) is 0 Å². The maximum atomic E-state index is 13.0. The Kier molecular flexibility index (Phi) is 3.77. The second-order valence-corrected chi connectivity index (χ2v) is 5.69. The minimum absolute atomic E-state index is 0.170. The number of rotatable bonds is 3. The summed E-state index contributed by atoms with van der Waals surface area (Å²) in [6, 6.07) is 7.08. The summed E-state index contributed by atoms with van der Waals surface area (Å²) in [6.45, 7) is 1.94. The molecule has 1 aromatic carbocycles. The Balaban J connectivity index is 2.17. The van der Waals surface area contributed by atoms with Crippen LogP contribution in [-0.2, 0) is 6.42 Å². The molecule has 0 nitrogen and oxygen atoms in total. The highest BCUT2D eigenvalue weighted by atomic mass is 79.9. The van der Waals surface area contributed by atoms with Gasteiger partial charge in [0.15, 0.2) is 0 Å². The number of aryl methyl sites for hydroxylation is 1. The van der Waals surface area contributed by atoms with Crippen LogP contribution >= 0.6 is 27.3 Å². The molecule has 0 aliphatic heterocycles. The topological polar surface area (TPSA) is 0 Å². The molecule has 16 heavy (non-hydrogen) atoms. The van der Waals surface area contributed by atoms with E-state index in [-0.39, 0.29) is 10.6 Å². The first kappa shape index (κ1) is 11.8. The summed E-state index contributed by atoms with van der Waals surface area (Å²) in [4.78, 5) is 0.252. The molecule has 0 bridgehead atoms. The summed E-state index contributed by atoms with van der Waals surface area (Å²) >= 11 is 5.37. The normalized spacial score (nSPS) is 12.7. The lowest BCUT2D eigenvalue weighted by atomic mass is 10.0. The lowest BCUT2D eigenvalue weighted by molar-refractivity contribution is 0.625. The molecule has 0 N–H and O–H groups in total. The summed E-state index contributed by atoms with van der Waals surface area (Å²) in [5.74, 6) is -0.170. The van der Waals surface area contributed by atoms with Gasteiger partial charge in [0, 0.05) is 4.83 Å². The maximum absolute atomic E-state index is 13.0. The van der Waals surface area contributed by atoms with Crippen molar-refractivity contribution in [3.63, 3.8) is 0 Å². The molecule has 0 aliphatic rings. The van der Waals surface area contributed by atoms with Gasteiger partial charge >= 0.3 is 0 Å². The summed E-state index contributed by atoms with van der Waals surface area (Å²) in [7, 11) is 0. The van der Waals surface area contributed by atoms with Crippen molar-refractivity contribution in [3.05, 3.63) is 57.5 Å². The zero-order valence-corrected chi connectivity index (χ0v) is 11.3. The smallest absolute Gasteiger partial charge is 0.123 e. The molecule has 0 spiro atoms. The molecule has 1 aromatic heterocycles. The van der Waals surface area contributed by atoms with Gasteiger partial charge in [-0.3, -0.25) is 0 Å². The van der Waals surface area contributed by atoms with Gasteiger partial charge in [0.05, 0.1) is 0 Å². The Morgan fingerprint density at radius 2 is 2.19 bits per heavy atom. The van der Waals surface area contributed by atoms with E-state index in [1.54, 1.807) is 17.4 Å². The third-order valence-corrected chi connectivity index (χ3v) is 4.11. The monoisotopic (exact) mass is 298 g/mol. The van der Waals surface area contributed by atoms with Crippen LogP contribution in [0.4, 0.5) is 4.39 Å². The summed E-state index contributed by atoms with van der Waals surface area (Å²) in [6.07, 6.45) is 0.940. The van der Waals surface area contributed by atoms with Crippen LogP contribution < -0.4 is 0 Å².